The maximum Gasteiger partial charge on any atom is 0.127 e. The maximum atomic E-state index is 5.48. The quantitative estimate of drug-likeness (QED) is 0.183. The fraction of sp³-hybridized carbons (Fsp3) is 0.146. The molecule has 3 nitrogen and oxygen atoms in total. The third-order valence-corrected chi connectivity index (χ3v) is 12.9. The van der Waals surface area contributed by atoms with Gasteiger partial charge >= 0.3 is 0 Å². The van der Waals surface area contributed by atoms with Crippen molar-refractivity contribution in [2.45, 2.75) is 31.5 Å². The van der Waals surface area contributed by atoms with E-state index in [0.717, 1.165) is 18.6 Å². The lowest BCUT2D eigenvalue weighted by molar-refractivity contribution is 0.444. The molecule has 52 heavy (non-hydrogen) atoms. The molecule has 8 aromatic rings. The van der Waals surface area contributed by atoms with Gasteiger partial charge in [0.25, 0.3) is 0 Å². The number of rotatable bonds is 4. The molecule has 6 aromatic carbocycles. The van der Waals surface area contributed by atoms with Gasteiger partial charge in [-0.2, -0.15) is 0 Å². The summed E-state index contributed by atoms with van der Waals surface area (Å²) in [5.41, 5.74) is 7.40. The highest BCUT2D eigenvalue weighted by molar-refractivity contribution is 7.26. The number of para-hydroxylation sites is 1. The van der Waals surface area contributed by atoms with E-state index in [-0.39, 0.29) is 12.2 Å². The van der Waals surface area contributed by atoms with Crippen LogP contribution in [-0.4, -0.2) is 10.3 Å². The lowest BCUT2D eigenvalue weighted by Crippen LogP contribution is -2.35. The summed E-state index contributed by atoms with van der Waals surface area (Å²) in [5.74, 6) is 0.991. The summed E-state index contributed by atoms with van der Waals surface area (Å²) in [5, 5.41) is 13.2. The summed E-state index contributed by atoms with van der Waals surface area (Å²) < 4.78 is 5.19. The van der Waals surface area contributed by atoms with Gasteiger partial charge in [-0.05, 0) is 52.8 Å². The van der Waals surface area contributed by atoms with Crippen LogP contribution in [0, 0.1) is 11.8 Å². The number of hydrogen-bond donors (Lipinski definition) is 1. The molecule has 4 unspecified atom stereocenters. The van der Waals surface area contributed by atoms with Crippen molar-refractivity contribution >= 4 is 71.0 Å². The van der Waals surface area contributed by atoms with E-state index in [1.807, 2.05) is 11.3 Å². The van der Waals surface area contributed by atoms with Crippen molar-refractivity contribution in [2.24, 2.45) is 16.8 Å². The van der Waals surface area contributed by atoms with Crippen LogP contribution in [0.25, 0.3) is 59.7 Å². The van der Waals surface area contributed by atoms with Crippen molar-refractivity contribution in [3.63, 3.8) is 0 Å². The number of nitrogens with one attached hydrogen (secondary N) is 1. The number of benzene rings is 6. The van der Waals surface area contributed by atoms with Gasteiger partial charge in [-0.15, -0.1) is 11.3 Å². The second kappa shape index (κ2) is 12.0. The zero-order valence-corrected chi connectivity index (χ0v) is 29.6. The maximum absolute atomic E-state index is 5.48. The minimum absolute atomic E-state index is 0.155. The molecular formula is C48H37N3S. The van der Waals surface area contributed by atoms with E-state index >= 15 is 0 Å². The van der Waals surface area contributed by atoms with E-state index < -0.39 is 0 Å². The van der Waals surface area contributed by atoms with Crippen LogP contribution in [0.3, 0.4) is 0 Å². The molecule has 0 radical (unpaired) electrons. The van der Waals surface area contributed by atoms with Crippen molar-refractivity contribution in [1.29, 1.82) is 0 Å². The van der Waals surface area contributed by atoms with Gasteiger partial charge in [0.1, 0.15) is 6.17 Å². The molecule has 4 atom stereocenters. The average molecular weight is 688 g/mol. The molecule has 0 fully saturated rings. The van der Waals surface area contributed by atoms with E-state index in [1.54, 1.807) is 0 Å². The Bertz CT molecular complexity index is 2880. The van der Waals surface area contributed by atoms with Gasteiger partial charge in [-0.1, -0.05) is 146 Å². The van der Waals surface area contributed by atoms with Crippen LogP contribution in [0.4, 0.5) is 0 Å². The molecule has 0 saturated heterocycles. The van der Waals surface area contributed by atoms with Crippen LogP contribution in [0.1, 0.15) is 48.2 Å². The molecule has 0 spiro atoms. The second-order valence-corrected chi connectivity index (χ2v) is 15.6. The van der Waals surface area contributed by atoms with E-state index in [1.165, 1.54) is 81.2 Å². The number of aliphatic imine (C=N–C) groups is 1. The van der Waals surface area contributed by atoms with Crippen LogP contribution < -0.4 is 15.9 Å². The highest BCUT2D eigenvalue weighted by Gasteiger charge is 2.29. The molecule has 0 amide bonds. The Balaban J connectivity index is 1.18. The number of nitrogens with zero attached hydrogens (tertiary/aromatic N) is 2. The molecular weight excluding hydrogens is 651 g/mol. The van der Waals surface area contributed by atoms with Crippen LogP contribution in [0.2, 0.25) is 0 Å². The lowest BCUT2D eigenvalue weighted by Gasteiger charge is -2.31. The average Bonchev–Trinajstić information content (AvgIpc) is 3.76. The van der Waals surface area contributed by atoms with Crippen molar-refractivity contribution in [3.05, 3.63) is 173 Å². The van der Waals surface area contributed by atoms with Crippen LogP contribution in [-0.2, 0) is 0 Å². The first-order chi connectivity index (χ1) is 25.8. The molecule has 2 aromatic heterocycles. The van der Waals surface area contributed by atoms with E-state index in [2.05, 4.69) is 168 Å². The third-order valence-electron chi connectivity index (χ3n) is 11.6. The Morgan fingerprint density at radius 1 is 0.712 bits per heavy atom. The third kappa shape index (κ3) is 4.71. The van der Waals surface area contributed by atoms with Gasteiger partial charge in [0.15, 0.2) is 0 Å². The van der Waals surface area contributed by atoms with E-state index in [9.17, 15) is 0 Å². The molecule has 3 heterocycles. The lowest BCUT2D eigenvalue weighted by atomic mass is 9.81. The molecule has 0 bridgehead atoms. The van der Waals surface area contributed by atoms with Gasteiger partial charge < -0.3 is 4.57 Å². The summed E-state index contributed by atoms with van der Waals surface area (Å²) in [4.78, 5) is 5.48. The fourth-order valence-corrected chi connectivity index (χ4v) is 10.5. The Morgan fingerprint density at radius 3 is 2.37 bits per heavy atom. The van der Waals surface area contributed by atoms with Crippen LogP contribution >= 0.6 is 11.3 Å². The smallest absolute Gasteiger partial charge is 0.127 e. The molecule has 1 N–H and O–H groups in total. The molecule has 0 saturated carbocycles. The van der Waals surface area contributed by atoms with Gasteiger partial charge in [0.05, 0.1) is 21.3 Å². The van der Waals surface area contributed by atoms with Crippen molar-refractivity contribution in [2.75, 3.05) is 0 Å². The monoisotopic (exact) mass is 687 g/mol. The number of aromatic nitrogens is 1. The zero-order valence-electron chi connectivity index (χ0n) is 28.7. The Hall–Kier alpha value is -5.55. The number of allylic oxidation sites excluding steroid dienone is 2. The summed E-state index contributed by atoms with van der Waals surface area (Å²) in [6, 6.07) is 49.0. The van der Waals surface area contributed by atoms with E-state index in [0.29, 0.717) is 11.8 Å². The topological polar surface area (TPSA) is 29.3 Å². The number of fused-ring (bicyclic) bond motifs is 9. The first-order valence-electron chi connectivity index (χ1n) is 18.6. The molecule has 2 aliphatic carbocycles. The van der Waals surface area contributed by atoms with Crippen LogP contribution in [0.5, 0.6) is 0 Å². The minimum atomic E-state index is -0.182. The van der Waals surface area contributed by atoms with E-state index in [4.69, 9.17) is 4.99 Å². The van der Waals surface area contributed by atoms with Crippen LogP contribution in [0.15, 0.2) is 151 Å². The number of hydrogen-bond acceptors (Lipinski definition) is 3. The molecule has 1 aliphatic heterocycles. The largest absolute Gasteiger partial charge is 0.308 e. The summed E-state index contributed by atoms with van der Waals surface area (Å²) in [6.07, 6.45) is 13.0. The van der Waals surface area contributed by atoms with Crippen molar-refractivity contribution in [1.82, 2.24) is 9.88 Å². The molecule has 11 rings (SSSR count). The standard InChI is InChI=1S/C48H37N3S/c1-3-14-30(15-4-1)40-29-41(31-16-5-2-6-17-31)50-48(49-40)38-24-13-23-37-45-35-21-10-9-20-34(35)28-44(47(45)52-46(37)38)51-42-25-12-11-22-36(42)39-26-32-18-7-8-19-33(32)27-43(39)51/h1-6,8-17,19-28,32-33,40,48-49H,7,18,29H2. The fourth-order valence-electron chi connectivity index (χ4n) is 9.13. The first-order valence-corrected chi connectivity index (χ1v) is 19.4. The normalized spacial score (nSPS) is 21.1. The summed E-state index contributed by atoms with van der Waals surface area (Å²) >= 11 is 1.93. The van der Waals surface area contributed by atoms with Crippen molar-refractivity contribution < 1.29 is 0 Å². The van der Waals surface area contributed by atoms with Gasteiger partial charge in [0.2, 0.25) is 0 Å². The second-order valence-electron chi connectivity index (χ2n) is 14.6. The highest BCUT2D eigenvalue weighted by atomic mass is 32.1. The summed E-state index contributed by atoms with van der Waals surface area (Å²) in [7, 11) is 0. The first kappa shape index (κ1) is 30.1. The Kier molecular flexibility index (Phi) is 6.96. The highest BCUT2D eigenvalue weighted by Crippen LogP contribution is 2.46. The molecule has 4 heteroatoms. The number of thiophene rings is 1. The molecule has 250 valence electrons. The van der Waals surface area contributed by atoms with Gasteiger partial charge in [-0.25, -0.2) is 0 Å². The predicted molar refractivity (Wildman–Crippen MR) is 220 cm³/mol. The summed E-state index contributed by atoms with van der Waals surface area (Å²) in [6.45, 7) is 0. The minimum Gasteiger partial charge on any atom is -0.308 e. The van der Waals surface area contributed by atoms with Crippen molar-refractivity contribution in [3.8, 4) is 5.69 Å². The zero-order chi connectivity index (χ0) is 34.2. The molecule has 3 aliphatic rings. The SMILES string of the molecule is C1=CC2C=c3c(c4ccccc4n3-c3cc4ccccc4c4c3sc3c(C5N=C(c6ccccc6)CC(c6ccccc6)N5)cccc34)=CC2CC1. The Labute approximate surface area is 306 Å². The van der Waals surface area contributed by atoms with Gasteiger partial charge in [0, 0.05) is 55.7 Å². The van der Waals surface area contributed by atoms with Gasteiger partial charge in [-0.3, -0.25) is 10.3 Å². The predicted octanol–water partition coefficient (Wildman–Crippen LogP) is 10.5. The Morgan fingerprint density at radius 2 is 1.48 bits per heavy atom.